The molecule has 5 rings (SSSR count). The first-order chi connectivity index (χ1) is 21.0. The molecule has 0 aliphatic carbocycles. The van der Waals surface area contributed by atoms with Crippen molar-refractivity contribution in [3.63, 3.8) is 0 Å². The maximum atomic E-state index is 14.2. The van der Waals surface area contributed by atoms with Crippen molar-refractivity contribution in [1.82, 2.24) is 9.13 Å². The normalized spacial score (nSPS) is 14.8. The zero-order valence-electron chi connectivity index (χ0n) is 25.9. The average molecular weight is 613 g/mol. The molecule has 3 heterocycles. The van der Waals surface area contributed by atoms with E-state index in [9.17, 15) is 14.4 Å². The number of thiazole rings is 1. The van der Waals surface area contributed by atoms with E-state index in [4.69, 9.17) is 14.5 Å². The molecule has 0 saturated heterocycles. The van der Waals surface area contributed by atoms with Crippen LogP contribution in [0.15, 0.2) is 75.7 Å². The molecule has 0 spiro atoms. The largest absolute Gasteiger partial charge is 0.491 e. The van der Waals surface area contributed by atoms with Crippen molar-refractivity contribution in [1.29, 1.82) is 0 Å². The van der Waals surface area contributed by atoms with E-state index in [-0.39, 0.29) is 24.2 Å². The van der Waals surface area contributed by atoms with Gasteiger partial charge in [0.1, 0.15) is 11.8 Å². The number of rotatable bonds is 8. The number of hydrogen-bond acceptors (Lipinski definition) is 7. The quantitative estimate of drug-likeness (QED) is 0.284. The lowest BCUT2D eigenvalue weighted by Gasteiger charge is -2.26. The van der Waals surface area contributed by atoms with E-state index in [2.05, 4.69) is 9.88 Å². The maximum Gasteiger partial charge on any atom is 0.338 e. The van der Waals surface area contributed by atoms with E-state index in [1.807, 2.05) is 88.4 Å². The monoisotopic (exact) mass is 612 g/mol. The van der Waals surface area contributed by atoms with Gasteiger partial charge in [0.25, 0.3) is 5.56 Å². The van der Waals surface area contributed by atoms with Gasteiger partial charge < -0.3 is 19.4 Å². The van der Waals surface area contributed by atoms with Gasteiger partial charge in [-0.15, -0.1) is 0 Å². The summed E-state index contributed by atoms with van der Waals surface area (Å²) in [7, 11) is 0. The Morgan fingerprint density at radius 1 is 1.09 bits per heavy atom. The molecule has 10 heteroatoms. The summed E-state index contributed by atoms with van der Waals surface area (Å²) in [6, 6.07) is 16.3. The summed E-state index contributed by atoms with van der Waals surface area (Å²) in [5.74, 6) is -0.0512. The predicted octanol–water partition coefficient (Wildman–Crippen LogP) is 4.95. The fourth-order valence-corrected chi connectivity index (χ4v) is 6.56. The van der Waals surface area contributed by atoms with Crippen LogP contribution in [0.5, 0.6) is 5.75 Å². The molecule has 0 saturated carbocycles. The van der Waals surface area contributed by atoms with Crippen molar-refractivity contribution >= 4 is 35.0 Å². The molecule has 4 aromatic rings. The number of aryl methyl sites for hydroxylation is 1. The van der Waals surface area contributed by atoms with Gasteiger partial charge in [0.05, 0.1) is 28.5 Å². The molecule has 9 nitrogen and oxygen atoms in total. The zero-order valence-corrected chi connectivity index (χ0v) is 26.7. The van der Waals surface area contributed by atoms with Gasteiger partial charge >= 0.3 is 5.97 Å². The summed E-state index contributed by atoms with van der Waals surface area (Å²) >= 11 is 1.28. The molecule has 0 unspecified atom stereocenters. The molecule has 1 N–H and O–H groups in total. The van der Waals surface area contributed by atoms with Crippen LogP contribution in [0.25, 0.3) is 11.8 Å². The lowest BCUT2D eigenvalue weighted by Crippen LogP contribution is -2.40. The summed E-state index contributed by atoms with van der Waals surface area (Å²) in [6.45, 7) is 13.1. The van der Waals surface area contributed by atoms with Crippen molar-refractivity contribution in [3.05, 3.63) is 108 Å². The summed E-state index contributed by atoms with van der Waals surface area (Å²) in [4.78, 5) is 44.1. The van der Waals surface area contributed by atoms with Crippen LogP contribution < -0.4 is 24.9 Å². The highest BCUT2D eigenvalue weighted by molar-refractivity contribution is 7.07. The van der Waals surface area contributed by atoms with Crippen LogP contribution in [0.4, 0.5) is 5.69 Å². The number of nitrogens with zero attached hydrogens (tertiary/aromatic N) is 3. The van der Waals surface area contributed by atoms with Crippen molar-refractivity contribution < 1.29 is 19.1 Å². The number of benzene rings is 2. The fraction of sp³-hybridized carbons (Fsp3) is 0.294. The molecule has 2 aromatic heterocycles. The number of anilines is 1. The van der Waals surface area contributed by atoms with E-state index < -0.39 is 12.0 Å². The summed E-state index contributed by atoms with van der Waals surface area (Å²) < 4.78 is 15.8. The molecule has 0 fully saturated rings. The van der Waals surface area contributed by atoms with Gasteiger partial charge in [-0.2, -0.15) is 0 Å². The van der Waals surface area contributed by atoms with Gasteiger partial charge in [-0.1, -0.05) is 29.5 Å². The standard InChI is InChI=1S/C34H36N4O5S/c1-8-42-33(41)30-21(5)35-34-38(31(30)27-11-9-10-12-28(27)43-19(2)3)32(40)29(44-34)18-24-17-20(4)37(22(24)6)26-15-13-25(14-16-26)36-23(7)39/h9-19,31H,8H2,1-7H3,(H,36,39)/b29-18+/t31-/m0/s1. The summed E-state index contributed by atoms with van der Waals surface area (Å²) in [5, 5.41) is 2.79. The number of hydrogen-bond donors (Lipinski definition) is 1. The Morgan fingerprint density at radius 2 is 1.80 bits per heavy atom. The molecule has 2 aromatic carbocycles. The van der Waals surface area contributed by atoms with Gasteiger partial charge in [0.2, 0.25) is 5.91 Å². The van der Waals surface area contributed by atoms with E-state index in [0.29, 0.717) is 31.9 Å². The molecule has 0 radical (unpaired) electrons. The predicted molar refractivity (Wildman–Crippen MR) is 172 cm³/mol. The van der Waals surface area contributed by atoms with E-state index in [1.54, 1.807) is 18.4 Å². The minimum atomic E-state index is -0.767. The smallest absolute Gasteiger partial charge is 0.338 e. The van der Waals surface area contributed by atoms with Crippen LogP contribution in [0.1, 0.15) is 63.2 Å². The first-order valence-electron chi connectivity index (χ1n) is 14.5. The Bertz CT molecular complexity index is 1960. The highest BCUT2D eigenvalue weighted by Gasteiger charge is 2.35. The molecule has 1 aliphatic heterocycles. The molecule has 1 amide bonds. The van der Waals surface area contributed by atoms with Crippen LogP contribution >= 0.6 is 11.3 Å². The Morgan fingerprint density at radius 3 is 2.45 bits per heavy atom. The number of carbonyl (C=O) groups is 2. The highest BCUT2D eigenvalue weighted by atomic mass is 32.1. The number of allylic oxidation sites excluding steroid dienone is 1. The van der Waals surface area contributed by atoms with E-state index in [0.717, 1.165) is 28.3 Å². The number of nitrogens with one attached hydrogen (secondary N) is 1. The van der Waals surface area contributed by atoms with Gasteiger partial charge in [0, 0.05) is 35.2 Å². The first kappa shape index (κ1) is 30.7. The molecular weight excluding hydrogens is 576 g/mol. The maximum absolute atomic E-state index is 14.2. The van der Waals surface area contributed by atoms with E-state index in [1.165, 1.54) is 18.3 Å². The van der Waals surface area contributed by atoms with Crippen LogP contribution in [0.3, 0.4) is 0 Å². The lowest BCUT2D eigenvalue weighted by molar-refractivity contribution is -0.139. The number of fused-ring (bicyclic) bond motifs is 1. The Kier molecular flexibility index (Phi) is 8.73. The number of amides is 1. The summed E-state index contributed by atoms with van der Waals surface area (Å²) in [5.41, 5.74) is 5.74. The topological polar surface area (TPSA) is 104 Å². The molecule has 0 bridgehead atoms. The second-order valence-electron chi connectivity index (χ2n) is 10.9. The van der Waals surface area contributed by atoms with Gasteiger partial charge in [-0.3, -0.25) is 14.2 Å². The average Bonchev–Trinajstić information content (AvgIpc) is 3.42. The van der Waals surface area contributed by atoms with Crippen LogP contribution in [-0.2, 0) is 14.3 Å². The minimum Gasteiger partial charge on any atom is -0.491 e. The van der Waals surface area contributed by atoms with Gasteiger partial charge in [-0.05, 0) is 89.6 Å². The van der Waals surface area contributed by atoms with Crippen LogP contribution in [0, 0.1) is 13.8 Å². The fourth-order valence-electron chi connectivity index (χ4n) is 5.52. The molecule has 1 atom stereocenters. The number of esters is 1. The van der Waals surface area contributed by atoms with Crippen molar-refractivity contribution in [2.45, 2.75) is 60.6 Å². The summed E-state index contributed by atoms with van der Waals surface area (Å²) in [6.07, 6.45) is 1.77. The van der Waals surface area contributed by atoms with Crippen molar-refractivity contribution in [2.75, 3.05) is 11.9 Å². The van der Waals surface area contributed by atoms with Crippen LogP contribution in [0.2, 0.25) is 0 Å². The minimum absolute atomic E-state index is 0.111. The Balaban J connectivity index is 1.65. The second-order valence-corrected chi connectivity index (χ2v) is 11.9. The highest BCUT2D eigenvalue weighted by Crippen LogP contribution is 2.36. The third-order valence-corrected chi connectivity index (χ3v) is 8.28. The molecule has 44 heavy (non-hydrogen) atoms. The number of aromatic nitrogens is 2. The van der Waals surface area contributed by atoms with Crippen molar-refractivity contribution in [3.8, 4) is 11.4 Å². The number of para-hydroxylation sites is 1. The molecule has 228 valence electrons. The number of ether oxygens (including phenoxy) is 2. The van der Waals surface area contributed by atoms with Gasteiger partial charge in [0.15, 0.2) is 4.80 Å². The Hall–Kier alpha value is -4.70. The molecule has 1 aliphatic rings. The van der Waals surface area contributed by atoms with Crippen molar-refractivity contribution in [2.24, 2.45) is 4.99 Å². The zero-order chi connectivity index (χ0) is 31.7. The SMILES string of the molecule is CCOC(=O)C1=C(C)N=c2s/c(=C/c3cc(C)n(-c4ccc(NC(C)=O)cc4)c3C)c(=O)n2[C@H]1c1ccccc1OC(C)C. The lowest BCUT2D eigenvalue weighted by atomic mass is 9.95. The van der Waals surface area contributed by atoms with Gasteiger partial charge in [-0.25, -0.2) is 9.79 Å². The first-order valence-corrected chi connectivity index (χ1v) is 15.3. The molecular formula is C34H36N4O5S. The number of carbonyl (C=O) groups excluding carboxylic acids is 2. The Labute approximate surface area is 259 Å². The van der Waals surface area contributed by atoms with Crippen LogP contribution in [-0.4, -0.2) is 33.7 Å². The second kappa shape index (κ2) is 12.5. The third kappa shape index (κ3) is 5.90. The van der Waals surface area contributed by atoms with E-state index >= 15 is 0 Å². The third-order valence-electron chi connectivity index (χ3n) is 7.30.